The van der Waals surface area contributed by atoms with Gasteiger partial charge >= 0.3 is 0 Å². The lowest BCUT2D eigenvalue weighted by Gasteiger charge is -2.17. The van der Waals surface area contributed by atoms with Crippen molar-refractivity contribution in [3.05, 3.63) is 24.3 Å². The Hall–Kier alpha value is -1.88. The summed E-state index contributed by atoms with van der Waals surface area (Å²) in [7, 11) is 0. The van der Waals surface area contributed by atoms with E-state index in [0.717, 1.165) is 12.8 Å². The molecule has 1 saturated carbocycles. The number of hydrogen-bond acceptors (Lipinski definition) is 3. The molecule has 1 aliphatic carbocycles. The van der Waals surface area contributed by atoms with Gasteiger partial charge in [-0.2, -0.15) is 0 Å². The highest BCUT2D eigenvalue weighted by Gasteiger charge is 2.29. The molecule has 1 aromatic rings. The van der Waals surface area contributed by atoms with Crippen molar-refractivity contribution in [1.29, 1.82) is 0 Å². The van der Waals surface area contributed by atoms with Gasteiger partial charge in [-0.25, -0.2) is 0 Å². The third-order valence-electron chi connectivity index (χ3n) is 2.98. The maximum atomic E-state index is 11.8. The van der Waals surface area contributed by atoms with E-state index in [-0.39, 0.29) is 24.2 Å². The minimum Gasteiger partial charge on any atom is -0.326 e. The maximum absolute atomic E-state index is 11.8. The molecule has 20 heavy (non-hydrogen) atoms. The Labute approximate surface area is 118 Å². The molecule has 0 saturated heterocycles. The highest BCUT2D eigenvalue weighted by atomic mass is 16.2. The molecule has 108 valence electrons. The first-order valence-electron chi connectivity index (χ1n) is 6.83. The number of amides is 2. The van der Waals surface area contributed by atoms with Gasteiger partial charge in [0.15, 0.2) is 0 Å². The van der Waals surface area contributed by atoms with Crippen LogP contribution in [0.15, 0.2) is 24.3 Å². The van der Waals surface area contributed by atoms with E-state index >= 15 is 0 Å². The van der Waals surface area contributed by atoms with E-state index in [4.69, 9.17) is 5.73 Å². The summed E-state index contributed by atoms with van der Waals surface area (Å²) in [6.07, 6.45) is 2.17. The third kappa shape index (κ3) is 4.66. The van der Waals surface area contributed by atoms with Crippen LogP contribution in [0.5, 0.6) is 0 Å². The van der Waals surface area contributed by atoms with Crippen molar-refractivity contribution in [1.82, 2.24) is 0 Å². The Bertz CT molecular complexity index is 516. The van der Waals surface area contributed by atoms with Crippen LogP contribution in [-0.4, -0.2) is 17.4 Å². The molecule has 5 heteroatoms. The fourth-order valence-electron chi connectivity index (χ4n) is 1.88. The molecule has 0 radical (unpaired) electrons. The summed E-state index contributed by atoms with van der Waals surface area (Å²) < 4.78 is 0. The van der Waals surface area contributed by atoms with E-state index in [2.05, 4.69) is 10.6 Å². The van der Waals surface area contributed by atoms with Crippen LogP contribution >= 0.6 is 0 Å². The summed E-state index contributed by atoms with van der Waals surface area (Å²) in [4.78, 5) is 23.5. The zero-order valence-corrected chi connectivity index (χ0v) is 11.9. The summed E-state index contributed by atoms with van der Waals surface area (Å²) in [5, 5.41) is 5.64. The average molecular weight is 275 g/mol. The van der Waals surface area contributed by atoms with Crippen molar-refractivity contribution >= 4 is 23.2 Å². The first-order chi connectivity index (χ1) is 9.33. The summed E-state index contributed by atoms with van der Waals surface area (Å²) in [5.41, 5.74) is 6.63. The molecule has 5 nitrogen and oxygen atoms in total. The van der Waals surface area contributed by atoms with E-state index < -0.39 is 5.54 Å². The van der Waals surface area contributed by atoms with Gasteiger partial charge < -0.3 is 16.4 Å². The normalized spacial score (nSPS) is 14.8. The third-order valence-corrected chi connectivity index (χ3v) is 2.98. The molecule has 2 rings (SSSR count). The summed E-state index contributed by atoms with van der Waals surface area (Å²) in [6, 6.07) is 7.14. The van der Waals surface area contributed by atoms with Gasteiger partial charge in [0.05, 0.1) is 0 Å². The highest BCUT2D eigenvalue weighted by Crippen LogP contribution is 2.30. The van der Waals surface area contributed by atoms with Crippen molar-refractivity contribution in [2.75, 3.05) is 10.6 Å². The number of nitrogens with two attached hydrogens (primary N) is 1. The smallest absolute Gasteiger partial charge is 0.227 e. The molecule has 0 bridgehead atoms. The van der Waals surface area contributed by atoms with Crippen LogP contribution in [0.1, 0.15) is 33.1 Å². The Morgan fingerprint density at radius 1 is 1.25 bits per heavy atom. The van der Waals surface area contributed by atoms with Gasteiger partial charge in [0, 0.05) is 29.3 Å². The first kappa shape index (κ1) is 14.5. The molecule has 0 unspecified atom stereocenters. The second kappa shape index (κ2) is 5.63. The van der Waals surface area contributed by atoms with E-state index in [9.17, 15) is 9.59 Å². The van der Waals surface area contributed by atoms with E-state index in [1.54, 1.807) is 32.0 Å². The summed E-state index contributed by atoms with van der Waals surface area (Å²) >= 11 is 0. The van der Waals surface area contributed by atoms with Crippen LogP contribution in [0.4, 0.5) is 11.4 Å². The van der Waals surface area contributed by atoms with Crippen molar-refractivity contribution in [2.24, 2.45) is 11.7 Å². The maximum Gasteiger partial charge on any atom is 0.227 e. The van der Waals surface area contributed by atoms with E-state index in [1.807, 2.05) is 6.07 Å². The number of carbonyl (C=O) groups is 2. The molecule has 0 aliphatic heterocycles. The van der Waals surface area contributed by atoms with Crippen LogP contribution < -0.4 is 16.4 Å². The monoisotopic (exact) mass is 275 g/mol. The predicted molar refractivity (Wildman–Crippen MR) is 79.3 cm³/mol. The van der Waals surface area contributed by atoms with Gasteiger partial charge in [0.25, 0.3) is 0 Å². The second-order valence-corrected chi connectivity index (χ2v) is 6.06. The number of rotatable bonds is 5. The zero-order valence-electron chi connectivity index (χ0n) is 11.9. The predicted octanol–water partition coefficient (Wildman–Crippen LogP) is 2.10. The molecule has 2 amide bonds. The van der Waals surface area contributed by atoms with Crippen LogP contribution in [-0.2, 0) is 9.59 Å². The van der Waals surface area contributed by atoms with Gasteiger partial charge in [-0.15, -0.1) is 0 Å². The molecular formula is C15H21N3O2. The molecule has 0 atom stereocenters. The molecule has 1 fully saturated rings. The number of nitrogens with one attached hydrogen (secondary N) is 2. The van der Waals surface area contributed by atoms with Crippen LogP contribution in [0, 0.1) is 5.92 Å². The van der Waals surface area contributed by atoms with Crippen molar-refractivity contribution in [2.45, 2.75) is 38.6 Å². The van der Waals surface area contributed by atoms with Crippen LogP contribution in [0.25, 0.3) is 0 Å². The Balaban J connectivity index is 1.95. The Morgan fingerprint density at radius 2 is 1.85 bits per heavy atom. The fraction of sp³-hybridized carbons (Fsp3) is 0.467. The van der Waals surface area contributed by atoms with Crippen molar-refractivity contribution in [3.63, 3.8) is 0 Å². The molecule has 0 aromatic heterocycles. The molecule has 1 aromatic carbocycles. The lowest BCUT2D eigenvalue weighted by Crippen LogP contribution is -2.36. The molecule has 1 aliphatic rings. The minimum absolute atomic E-state index is 0.0524. The van der Waals surface area contributed by atoms with Gasteiger partial charge in [-0.05, 0) is 44.9 Å². The van der Waals surface area contributed by atoms with Gasteiger partial charge in [-0.3, -0.25) is 9.59 Å². The zero-order chi connectivity index (χ0) is 14.8. The number of benzene rings is 1. The highest BCUT2D eigenvalue weighted by molar-refractivity contribution is 5.96. The molecule has 0 heterocycles. The fourth-order valence-corrected chi connectivity index (χ4v) is 1.88. The summed E-state index contributed by atoms with van der Waals surface area (Å²) in [6.45, 7) is 3.61. The second-order valence-electron chi connectivity index (χ2n) is 6.06. The molecular weight excluding hydrogens is 254 g/mol. The van der Waals surface area contributed by atoms with E-state index in [0.29, 0.717) is 11.4 Å². The SMILES string of the molecule is CC(C)(N)CC(=O)Nc1cccc(NC(=O)C2CC2)c1. The number of carbonyl (C=O) groups excluding carboxylic acids is 2. The lowest BCUT2D eigenvalue weighted by atomic mass is 10.0. The van der Waals surface area contributed by atoms with E-state index in [1.165, 1.54) is 0 Å². The van der Waals surface area contributed by atoms with Gasteiger partial charge in [0.1, 0.15) is 0 Å². The Morgan fingerprint density at radius 3 is 2.40 bits per heavy atom. The van der Waals surface area contributed by atoms with Crippen molar-refractivity contribution in [3.8, 4) is 0 Å². The standard InChI is InChI=1S/C15H21N3O2/c1-15(2,16)9-13(19)17-11-4-3-5-12(8-11)18-14(20)10-6-7-10/h3-5,8,10H,6-7,9,16H2,1-2H3,(H,17,19)(H,18,20). The largest absolute Gasteiger partial charge is 0.326 e. The number of anilines is 2. The van der Waals surface area contributed by atoms with Gasteiger partial charge in [-0.1, -0.05) is 6.07 Å². The Kier molecular flexibility index (Phi) is 4.09. The topological polar surface area (TPSA) is 84.2 Å². The van der Waals surface area contributed by atoms with Gasteiger partial charge in [0.2, 0.25) is 11.8 Å². The average Bonchev–Trinajstić information content (AvgIpc) is 3.09. The molecule has 4 N–H and O–H groups in total. The minimum atomic E-state index is -0.540. The quantitative estimate of drug-likeness (QED) is 0.769. The van der Waals surface area contributed by atoms with Crippen LogP contribution in [0.3, 0.4) is 0 Å². The van der Waals surface area contributed by atoms with Crippen LogP contribution in [0.2, 0.25) is 0 Å². The molecule has 0 spiro atoms. The summed E-state index contributed by atoms with van der Waals surface area (Å²) in [5.74, 6) is 0.0750. The first-order valence-corrected chi connectivity index (χ1v) is 6.83. The number of hydrogen-bond donors (Lipinski definition) is 3. The lowest BCUT2D eigenvalue weighted by molar-refractivity contribution is -0.118. The van der Waals surface area contributed by atoms with Crippen molar-refractivity contribution < 1.29 is 9.59 Å².